The molecule has 136 valence electrons. The first-order valence-electron chi connectivity index (χ1n) is 7.80. The van der Waals surface area contributed by atoms with Crippen molar-refractivity contribution in [2.75, 3.05) is 6.61 Å². The summed E-state index contributed by atoms with van der Waals surface area (Å²) in [6, 6.07) is 16.3. The topological polar surface area (TPSA) is 86.5 Å². The van der Waals surface area contributed by atoms with E-state index in [1.54, 1.807) is 53.9 Å². The van der Waals surface area contributed by atoms with Crippen LogP contribution in [-0.2, 0) is 4.74 Å². The predicted molar refractivity (Wildman–Crippen MR) is 103 cm³/mol. The number of ether oxygens (including phenoxy) is 1. The molecule has 0 aliphatic heterocycles. The van der Waals surface area contributed by atoms with Gasteiger partial charge in [-0.25, -0.2) is 4.79 Å². The molecule has 0 N–H and O–H groups in total. The van der Waals surface area contributed by atoms with Gasteiger partial charge in [0, 0.05) is 21.9 Å². The fraction of sp³-hybridized carbons (Fsp3) is 0.0526. The average Bonchev–Trinajstić information content (AvgIpc) is 3.21. The van der Waals surface area contributed by atoms with Gasteiger partial charge < -0.3 is 4.74 Å². The third kappa shape index (κ3) is 4.81. The summed E-state index contributed by atoms with van der Waals surface area (Å²) < 4.78 is 5.16. The van der Waals surface area contributed by atoms with Crippen molar-refractivity contribution in [3.05, 3.63) is 86.6 Å². The predicted octanol–water partition coefficient (Wildman–Crippen LogP) is 4.85. The Bertz CT molecular complexity index is 968. The molecule has 8 heteroatoms. The van der Waals surface area contributed by atoms with Gasteiger partial charge >= 0.3 is 5.97 Å². The molecule has 0 radical (unpaired) electrons. The van der Waals surface area contributed by atoms with E-state index in [0.717, 1.165) is 4.90 Å². The number of hydrogen-bond donors (Lipinski definition) is 0. The number of thiophene rings is 1. The van der Waals surface area contributed by atoms with Crippen LogP contribution in [0.4, 0.5) is 5.69 Å². The summed E-state index contributed by atoms with van der Waals surface area (Å²) in [5, 5.41) is 12.5. The summed E-state index contributed by atoms with van der Waals surface area (Å²) in [6.07, 6.45) is 0. The van der Waals surface area contributed by atoms with Crippen LogP contribution in [0.3, 0.4) is 0 Å². The van der Waals surface area contributed by atoms with E-state index in [9.17, 15) is 19.7 Å². The van der Waals surface area contributed by atoms with Crippen LogP contribution in [0.15, 0.2) is 75.8 Å². The molecule has 0 aliphatic rings. The minimum absolute atomic E-state index is 0.000802. The van der Waals surface area contributed by atoms with Gasteiger partial charge in [0.1, 0.15) is 0 Å². The van der Waals surface area contributed by atoms with Crippen molar-refractivity contribution in [1.29, 1.82) is 0 Å². The van der Waals surface area contributed by atoms with Gasteiger partial charge in [-0.3, -0.25) is 14.9 Å². The molecule has 0 spiro atoms. The second-order valence-corrected chi connectivity index (χ2v) is 7.39. The molecule has 2 aromatic carbocycles. The van der Waals surface area contributed by atoms with E-state index >= 15 is 0 Å². The molecule has 1 heterocycles. The van der Waals surface area contributed by atoms with Gasteiger partial charge in [0.2, 0.25) is 5.78 Å². The number of non-ortho nitro benzene ring substituents is 1. The van der Waals surface area contributed by atoms with E-state index in [-0.39, 0.29) is 18.1 Å². The molecule has 0 unspecified atom stereocenters. The summed E-state index contributed by atoms with van der Waals surface area (Å²) in [5.74, 6) is -0.844. The third-order valence-electron chi connectivity index (χ3n) is 3.51. The molecule has 1 aromatic heterocycles. The Hall–Kier alpha value is -2.97. The summed E-state index contributed by atoms with van der Waals surface area (Å²) in [4.78, 5) is 36.6. The van der Waals surface area contributed by atoms with E-state index in [0.29, 0.717) is 15.3 Å². The van der Waals surface area contributed by atoms with E-state index in [2.05, 4.69) is 0 Å². The largest absolute Gasteiger partial charge is 0.454 e. The number of carbonyl (C=O) groups excluding carboxylic acids is 2. The number of rotatable bonds is 7. The lowest BCUT2D eigenvalue weighted by atomic mass is 10.2. The minimum atomic E-state index is -0.593. The molecule has 0 fully saturated rings. The Labute approximate surface area is 162 Å². The maximum atomic E-state index is 12.4. The van der Waals surface area contributed by atoms with Crippen LogP contribution in [0, 0.1) is 10.1 Å². The zero-order valence-electron chi connectivity index (χ0n) is 13.9. The normalized spacial score (nSPS) is 10.4. The second kappa shape index (κ2) is 8.61. The Morgan fingerprint density at radius 2 is 1.78 bits per heavy atom. The van der Waals surface area contributed by atoms with E-state index in [4.69, 9.17) is 4.74 Å². The first-order chi connectivity index (χ1) is 13.0. The molecule has 0 saturated carbocycles. The Balaban J connectivity index is 1.70. The fourth-order valence-electron chi connectivity index (χ4n) is 2.20. The quantitative estimate of drug-likeness (QED) is 0.244. The van der Waals surface area contributed by atoms with Gasteiger partial charge in [0.25, 0.3) is 5.69 Å². The first kappa shape index (κ1) is 18.8. The molecule has 27 heavy (non-hydrogen) atoms. The highest BCUT2D eigenvalue weighted by Crippen LogP contribution is 2.31. The molecule has 6 nitrogen and oxygen atoms in total. The van der Waals surface area contributed by atoms with Gasteiger partial charge in [-0.05, 0) is 35.7 Å². The van der Waals surface area contributed by atoms with Crippen molar-refractivity contribution >= 4 is 40.5 Å². The highest BCUT2D eigenvalue weighted by molar-refractivity contribution is 7.99. The number of ketones is 1. The summed E-state index contributed by atoms with van der Waals surface area (Å²) in [7, 11) is 0. The van der Waals surface area contributed by atoms with Crippen molar-refractivity contribution in [2.45, 2.75) is 9.79 Å². The molecular formula is C19H13NO5S2. The molecule has 0 aliphatic carbocycles. The number of nitrogens with zero attached hydrogens (tertiary/aromatic N) is 1. The van der Waals surface area contributed by atoms with Crippen LogP contribution in [0.2, 0.25) is 0 Å². The standard InChI is InChI=1S/C19H13NO5S2/c21-16(18-6-3-11-26-18)12-25-19(22)15-4-1-2-5-17(15)27-14-9-7-13(8-10-14)20(23)24/h1-11H,12H2. The zero-order valence-corrected chi connectivity index (χ0v) is 15.5. The zero-order chi connectivity index (χ0) is 19.2. The monoisotopic (exact) mass is 399 g/mol. The third-order valence-corrected chi connectivity index (χ3v) is 5.51. The number of benzene rings is 2. The number of nitro benzene ring substituents is 1. The van der Waals surface area contributed by atoms with Crippen LogP contribution in [0.1, 0.15) is 20.0 Å². The fourth-order valence-corrected chi connectivity index (χ4v) is 3.79. The van der Waals surface area contributed by atoms with Gasteiger partial charge in [-0.1, -0.05) is 30.0 Å². The van der Waals surface area contributed by atoms with E-state index in [1.165, 1.54) is 35.2 Å². The van der Waals surface area contributed by atoms with Crippen molar-refractivity contribution in [3.8, 4) is 0 Å². The number of hydrogen-bond acceptors (Lipinski definition) is 7. The molecular weight excluding hydrogens is 386 g/mol. The molecule has 0 atom stereocenters. The molecule has 0 bridgehead atoms. The Kier molecular flexibility index (Phi) is 6.00. The Morgan fingerprint density at radius 3 is 2.44 bits per heavy atom. The number of nitro groups is 1. The van der Waals surface area contributed by atoms with Crippen LogP contribution in [0.5, 0.6) is 0 Å². The highest BCUT2D eigenvalue weighted by Gasteiger charge is 2.16. The molecule has 3 rings (SSSR count). The number of Topliss-reactive ketones (excluding diaryl/α,β-unsaturated/α-hetero) is 1. The lowest BCUT2D eigenvalue weighted by Crippen LogP contribution is -2.14. The maximum absolute atomic E-state index is 12.4. The summed E-state index contributed by atoms with van der Waals surface area (Å²) in [6.45, 7) is -0.324. The van der Waals surface area contributed by atoms with Crippen LogP contribution < -0.4 is 0 Å². The Morgan fingerprint density at radius 1 is 1.04 bits per heavy atom. The number of esters is 1. The van der Waals surface area contributed by atoms with Gasteiger partial charge in [0.05, 0.1) is 15.4 Å². The van der Waals surface area contributed by atoms with Crippen molar-refractivity contribution in [2.24, 2.45) is 0 Å². The van der Waals surface area contributed by atoms with Crippen LogP contribution in [0.25, 0.3) is 0 Å². The van der Waals surface area contributed by atoms with Crippen LogP contribution >= 0.6 is 23.1 Å². The van der Waals surface area contributed by atoms with E-state index in [1.807, 2.05) is 0 Å². The molecule has 3 aromatic rings. The average molecular weight is 399 g/mol. The maximum Gasteiger partial charge on any atom is 0.339 e. The minimum Gasteiger partial charge on any atom is -0.454 e. The smallest absolute Gasteiger partial charge is 0.339 e. The van der Waals surface area contributed by atoms with Gasteiger partial charge in [-0.2, -0.15) is 0 Å². The summed E-state index contributed by atoms with van der Waals surface area (Å²) in [5.41, 5.74) is 0.332. The second-order valence-electron chi connectivity index (χ2n) is 5.33. The summed E-state index contributed by atoms with van der Waals surface area (Å²) >= 11 is 2.58. The van der Waals surface area contributed by atoms with Gasteiger partial charge in [-0.15, -0.1) is 11.3 Å². The first-order valence-corrected chi connectivity index (χ1v) is 9.49. The van der Waals surface area contributed by atoms with Crippen LogP contribution in [-0.4, -0.2) is 23.3 Å². The lowest BCUT2D eigenvalue weighted by molar-refractivity contribution is -0.384. The van der Waals surface area contributed by atoms with Crippen molar-refractivity contribution in [1.82, 2.24) is 0 Å². The highest BCUT2D eigenvalue weighted by atomic mass is 32.2. The molecule has 0 amide bonds. The number of carbonyl (C=O) groups is 2. The van der Waals surface area contributed by atoms with Crippen molar-refractivity contribution < 1.29 is 19.2 Å². The molecule has 0 saturated heterocycles. The SMILES string of the molecule is O=C(COC(=O)c1ccccc1Sc1ccc([N+](=O)[O-])cc1)c1cccs1. The van der Waals surface area contributed by atoms with Gasteiger partial charge in [0.15, 0.2) is 6.61 Å². The van der Waals surface area contributed by atoms with Crippen molar-refractivity contribution in [3.63, 3.8) is 0 Å². The van der Waals surface area contributed by atoms with E-state index < -0.39 is 10.9 Å². The lowest BCUT2D eigenvalue weighted by Gasteiger charge is -2.09.